The van der Waals surface area contributed by atoms with Gasteiger partial charge in [0, 0.05) is 20.8 Å². The monoisotopic (exact) mass is 1280 g/mol. The topological polar surface area (TPSA) is 623 Å². The van der Waals surface area contributed by atoms with Crippen LogP contribution in [0.3, 0.4) is 0 Å². The number of carbonyl (C=O) groups is 3. The standard InChI is InChI=1S/C48H83N3O36/c1-12(59)49-15(4-52)25(63)38(16(62)5-53)83-43-23(50-13(2)60)30(68)40(21(10-58)80-43)85-47-37(75)41(29(67)22(82-47)11-76-45-35(73)32(70)26(64)17(6-54)77-45)86-48-42(34(72)28(66)19(8-56)79-48)87-44-24(51-14(3)61)31(69)39(20(9-57)81-44)84-46-36(74)33(71)27(65)18(7-55)78-46/h15-48,52-58,62-75H,4-11H2,1-3H3,(H,49,59)(H,50,60)(H,51,61)/t15-,16+,17+,18+,19+,20+,21+,22+,23+,24+,25+,26+,27-,28+,29+,30+,31+,32-,33-,34-,35-,36+,37-,38+,39+,40+,41-,42-,43-,44-,45-,46-,47-,48+/m0/s1. The van der Waals surface area contributed by atoms with Crippen LogP contribution in [0.1, 0.15) is 20.8 Å². The van der Waals surface area contributed by atoms with Gasteiger partial charge in [-0.2, -0.15) is 0 Å². The fourth-order valence-corrected chi connectivity index (χ4v) is 10.7. The lowest BCUT2D eigenvalue weighted by Crippen LogP contribution is -2.70. The number of aliphatic hydroxyl groups excluding tert-OH is 21. The molecule has 6 saturated heterocycles. The number of aliphatic hydroxyl groups is 21. The first kappa shape index (κ1) is 73.1. The van der Waals surface area contributed by atoms with E-state index in [0.29, 0.717) is 0 Å². The Balaban J connectivity index is 1.34. The summed E-state index contributed by atoms with van der Waals surface area (Å²) in [6.45, 7) is -5.33. The van der Waals surface area contributed by atoms with Gasteiger partial charge in [0.2, 0.25) is 17.7 Å². The molecule has 39 heteroatoms. The highest BCUT2D eigenvalue weighted by Gasteiger charge is 2.58. The van der Waals surface area contributed by atoms with Gasteiger partial charge in [-0.15, -0.1) is 0 Å². The van der Waals surface area contributed by atoms with E-state index < -0.39 is 279 Å². The molecule has 0 spiro atoms. The lowest BCUT2D eigenvalue weighted by Gasteiger charge is -2.51. The molecule has 506 valence electrons. The molecule has 24 N–H and O–H groups in total. The number of rotatable bonds is 26. The van der Waals surface area contributed by atoms with Crippen LogP contribution in [-0.4, -0.2) is 386 Å². The molecule has 0 aliphatic carbocycles. The number of hydrogen-bond donors (Lipinski definition) is 24. The molecular weight excluding hydrogens is 1190 g/mol. The summed E-state index contributed by atoms with van der Waals surface area (Å²) in [6, 6.07) is -5.32. The van der Waals surface area contributed by atoms with Crippen LogP contribution >= 0.6 is 0 Å². The fraction of sp³-hybridized carbons (Fsp3) is 0.938. The summed E-state index contributed by atoms with van der Waals surface area (Å²) < 4.78 is 69.8. The second kappa shape index (κ2) is 32.6. The summed E-state index contributed by atoms with van der Waals surface area (Å²) in [5.74, 6) is -2.59. The van der Waals surface area contributed by atoms with E-state index in [9.17, 15) is 122 Å². The van der Waals surface area contributed by atoms with Crippen molar-refractivity contribution in [2.45, 2.75) is 229 Å². The molecule has 0 aromatic heterocycles. The highest BCUT2D eigenvalue weighted by molar-refractivity contribution is 5.74. The zero-order valence-corrected chi connectivity index (χ0v) is 46.8. The Bertz CT molecular complexity index is 2130. The van der Waals surface area contributed by atoms with Crippen LogP contribution in [0, 0.1) is 0 Å². The van der Waals surface area contributed by atoms with Crippen molar-refractivity contribution in [3.63, 3.8) is 0 Å². The zero-order chi connectivity index (χ0) is 64.6. The molecule has 6 fully saturated rings. The van der Waals surface area contributed by atoms with Gasteiger partial charge in [0.1, 0.15) is 165 Å². The molecule has 6 heterocycles. The molecule has 87 heavy (non-hydrogen) atoms. The van der Waals surface area contributed by atoms with E-state index in [4.69, 9.17) is 56.8 Å². The number of carbonyl (C=O) groups excluding carboxylic acids is 3. The van der Waals surface area contributed by atoms with Crippen molar-refractivity contribution in [2.24, 2.45) is 0 Å². The lowest BCUT2D eigenvalue weighted by atomic mass is 9.94. The van der Waals surface area contributed by atoms with E-state index in [2.05, 4.69) is 16.0 Å². The van der Waals surface area contributed by atoms with Crippen LogP contribution in [0.15, 0.2) is 0 Å². The minimum absolute atomic E-state index is 0.768. The second-order valence-corrected chi connectivity index (χ2v) is 21.6. The van der Waals surface area contributed by atoms with Gasteiger partial charge in [-0.3, -0.25) is 14.4 Å². The molecule has 3 amide bonds. The van der Waals surface area contributed by atoms with Crippen LogP contribution in [0.4, 0.5) is 0 Å². The van der Waals surface area contributed by atoms with Crippen LogP contribution in [0.2, 0.25) is 0 Å². The molecule has 34 atom stereocenters. The zero-order valence-electron chi connectivity index (χ0n) is 46.8. The van der Waals surface area contributed by atoms with Gasteiger partial charge in [0.05, 0.1) is 58.9 Å². The van der Waals surface area contributed by atoms with Crippen molar-refractivity contribution >= 4 is 17.7 Å². The number of nitrogens with one attached hydrogen (secondary N) is 3. The Morgan fingerprint density at radius 1 is 0.391 bits per heavy atom. The van der Waals surface area contributed by atoms with Gasteiger partial charge in [0.15, 0.2) is 37.7 Å². The van der Waals surface area contributed by atoms with E-state index in [1.54, 1.807) is 0 Å². The Hall–Kier alpha value is -2.91. The molecule has 39 nitrogen and oxygen atoms in total. The minimum atomic E-state index is -2.44. The van der Waals surface area contributed by atoms with Crippen molar-refractivity contribution in [3.8, 4) is 0 Å². The smallest absolute Gasteiger partial charge is 0.217 e. The third-order valence-electron chi connectivity index (χ3n) is 15.4. The quantitative estimate of drug-likeness (QED) is 0.0382. The van der Waals surface area contributed by atoms with Crippen molar-refractivity contribution in [2.75, 3.05) is 52.9 Å². The first-order valence-electron chi connectivity index (χ1n) is 27.5. The van der Waals surface area contributed by atoms with E-state index >= 15 is 0 Å². The van der Waals surface area contributed by atoms with Crippen LogP contribution in [-0.2, 0) is 71.2 Å². The molecule has 0 aromatic carbocycles. The van der Waals surface area contributed by atoms with E-state index in [0.717, 1.165) is 20.8 Å². The Labute approximate surface area is 493 Å². The predicted molar refractivity (Wildman–Crippen MR) is 269 cm³/mol. The maximum Gasteiger partial charge on any atom is 0.217 e. The summed E-state index contributed by atoms with van der Waals surface area (Å²) >= 11 is 0. The molecule has 6 rings (SSSR count). The van der Waals surface area contributed by atoms with Crippen LogP contribution in [0.5, 0.6) is 0 Å². The van der Waals surface area contributed by atoms with Gasteiger partial charge < -0.3 is 180 Å². The third kappa shape index (κ3) is 16.8. The normalized spacial score (nSPS) is 45.1. The van der Waals surface area contributed by atoms with Crippen molar-refractivity contribution in [3.05, 3.63) is 0 Å². The summed E-state index contributed by atoms with van der Waals surface area (Å²) in [6.07, 6.45) is -62.9. The Morgan fingerprint density at radius 2 is 0.793 bits per heavy atom. The SMILES string of the molecule is CC(=O)N[C@H]1[C@H](O[C@@H]([C@H](O)[C@H](CO)NC(C)=O)[C@H](O)CO)O[C@H](CO)[C@@H](O[C@@H]2O[C@H](CO[C@H]3O[C@H](CO)[C@@H](O)[C@H](O)[C@@H]3O)[C@@H](O)[C@H](O[C@H]3O[C@H](CO)[C@@H](O)[C@H](O)[C@@H]3O[C@@H]3O[C@H](CO)[C@@H](O[C@@H]4O[C@H](CO)[C@H](O)[C@H](O)[C@H]4O)[C@H](O)[C@H]3NC(C)=O)[C@@H]2O)[C@@H]1O. The summed E-state index contributed by atoms with van der Waals surface area (Å²) in [4.78, 5) is 37.3. The molecule has 0 unspecified atom stereocenters. The highest BCUT2D eigenvalue weighted by atomic mass is 16.8. The predicted octanol–water partition coefficient (Wildman–Crippen LogP) is -16.2. The fourth-order valence-electron chi connectivity index (χ4n) is 10.7. The first-order chi connectivity index (χ1) is 41.1. The maximum absolute atomic E-state index is 12.7. The van der Waals surface area contributed by atoms with Gasteiger partial charge in [-0.05, 0) is 0 Å². The first-order valence-corrected chi connectivity index (χ1v) is 27.5. The molecule has 0 radical (unpaired) electrons. The number of ether oxygens (including phenoxy) is 12. The number of amides is 3. The van der Waals surface area contributed by atoms with Crippen molar-refractivity contribution < 1.29 is 178 Å². The van der Waals surface area contributed by atoms with Gasteiger partial charge in [0.25, 0.3) is 0 Å². The van der Waals surface area contributed by atoms with Crippen molar-refractivity contribution in [1.82, 2.24) is 16.0 Å². The number of hydrogen-bond acceptors (Lipinski definition) is 36. The Morgan fingerprint density at radius 3 is 1.26 bits per heavy atom. The largest absolute Gasteiger partial charge is 0.394 e. The van der Waals surface area contributed by atoms with Gasteiger partial charge >= 0.3 is 0 Å². The van der Waals surface area contributed by atoms with Crippen molar-refractivity contribution in [1.29, 1.82) is 0 Å². The van der Waals surface area contributed by atoms with Crippen LogP contribution < -0.4 is 16.0 Å². The third-order valence-corrected chi connectivity index (χ3v) is 15.4. The average Bonchev–Trinajstić information content (AvgIpc) is 1.08. The van der Waals surface area contributed by atoms with E-state index in [1.165, 1.54) is 0 Å². The minimum Gasteiger partial charge on any atom is -0.394 e. The Kier molecular flexibility index (Phi) is 27.4. The summed E-state index contributed by atoms with van der Waals surface area (Å²) in [7, 11) is 0. The van der Waals surface area contributed by atoms with Gasteiger partial charge in [-0.1, -0.05) is 0 Å². The van der Waals surface area contributed by atoms with Gasteiger partial charge in [-0.25, -0.2) is 0 Å². The maximum atomic E-state index is 12.7. The molecule has 0 aromatic rings. The molecule has 0 bridgehead atoms. The summed E-state index contributed by atoms with van der Waals surface area (Å²) in [5, 5.41) is 234. The molecule has 6 aliphatic rings. The van der Waals surface area contributed by atoms with E-state index in [-0.39, 0.29) is 0 Å². The molecule has 6 aliphatic heterocycles. The average molecular weight is 1280 g/mol. The molecular formula is C48H83N3O36. The lowest BCUT2D eigenvalue weighted by molar-refractivity contribution is -0.396. The summed E-state index contributed by atoms with van der Waals surface area (Å²) in [5.41, 5.74) is 0. The molecule has 0 saturated carbocycles. The highest BCUT2D eigenvalue weighted by Crippen LogP contribution is 2.37. The second-order valence-electron chi connectivity index (χ2n) is 21.6. The van der Waals surface area contributed by atoms with Crippen LogP contribution in [0.25, 0.3) is 0 Å². The van der Waals surface area contributed by atoms with E-state index in [1.807, 2.05) is 0 Å².